The van der Waals surface area contributed by atoms with E-state index >= 15 is 0 Å². The number of aryl methyl sites for hydroxylation is 2. The van der Waals surface area contributed by atoms with Gasteiger partial charge in [0.1, 0.15) is 5.75 Å². The standard InChI is InChI=1S/C20H20N2O4/c1-15-6-2-3-7-19(15)26-13-5-4-12-21-18-10-9-17(22(24)25)14-16(18)8-11-20(21)23/h2-3,6-11,14H,4-5,12-13H2,1H3. The number of aromatic nitrogens is 1. The lowest BCUT2D eigenvalue weighted by atomic mass is 10.2. The number of benzene rings is 2. The molecule has 6 nitrogen and oxygen atoms in total. The lowest BCUT2D eigenvalue weighted by Gasteiger charge is -2.11. The van der Waals surface area contributed by atoms with Crippen LogP contribution in [0, 0.1) is 17.0 Å². The second-order valence-corrected chi connectivity index (χ2v) is 6.14. The second-order valence-electron chi connectivity index (χ2n) is 6.14. The maximum Gasteiger partial charge on any atom is 0.270 e. The molecule has 0 aliphatic heterocycles. The summed E-state index contributed by atoms with van der Waals surface area (Å²) in [7, 11) is 0. The minimum atomic E-state index is -0.433. The van der Waals surface area contributed by atoms with Crippen LogP contribution in [0.1, 0.15) is 18.4 Å². The van der Waals surface area contributed by atoms with E-state index in [1.165, 1.54) is 18.2 Å². The molecule has 26 heavy (non-hydrogen) atoms. The van der Waals surface area contributed by atoms with E-state index in [9.17, 15) is 14.9 Å². The van der Waals surface area contributed by atoms with Gasteiger partial charge in [-0.15, -0.1) is 0 Å². The van der Waals surface area contributed by atoms with Gasteiger partial charge < -0.3 is 9.30 Å². The van der Waals surface area contributed by atoms with Crippen molar-refractivity contribution in [3.05, 3.63) is 80.6 Å². The van der Waals surface area contributed by atoms with Gasteiger partial charge in [0, 0.05) is 30.1 Å². The van der Waals surface area contributed by atoms with Crippen molar-refractivity contribution in [2.75, 3.05) is 6.61 Å². The average molecular weight is 352 g/mol. The molecular formula is C20H20N2O4. The SMILES string of the molecule is Cc1ccccc1OCCCCn1c(=O)ccc2cc([N+](=O)[O-])ccc21. The zero-order valence-corrected chi connectivity index (χ0v) is 14.6. The lowest BCUT2D eigenvalue weighted by Crippen LogP contribution is -2.19. The molecule has 6 heteroatoms. The van der Waals surface area contributed by atoms with Crippen LogP contribution >= 0.6 is 0 Å². The third-order valence-electron chi connectivity index (χ3n) is 4.31. The number of unbranched alkanes of at least 4 members (excludes halogenated alkanes) is 1. The van der Waals surface area contributed by atoms with Crippen molar-refractivity contribution in [2.45, 2.75) is 26.3 Å². The summed E-state index contributed by atoms with van der Waals surface area (Å²) in [6.45, 7) is 3.13. The van der Waals surface area contributed by atoms with Crippen LogP contribution in [-0.4, -0.2) is 16.1 Å². The number of nitrogens with zero attached hydrogens (tertiary/aromatic N) is 2. The molecule has 1 heterocycles. The summed E-state index contributed by atoms with van der Waals surface area (Å²) in [5.41, 5.74) is 1.72. The Morgan fingerprint density at radius 2 is 1.88 bits per heavy atom. The van der Waals surface area contributed by atoms with Gasteiger partial charge in [0.15, 0.2) is 0 Å². The van der Waals surface area contributed by atoms with E-state index in [0.717, 1.165) is 24.2 Å². The quantitative estimate of drug-likeness (QED) is 0.365. The highest BCUT2D eigenvalue weighted by Gasteiger charge is 2.09. The van der Waals surface area contributed by atoms with Crippen LogP contribution in [0.15, 0.2) is 59.4 Å². The fourth-order valence-corrected chi connectivity index (χ4v) is 2.91. The largest absolute Gasteiger partial charge is 0.493 e. The van der Waals surface area contributed by atoms with E-state index in [0.29, 0.717) is 24.1 Å². The van der Waals surface area contributed by atoms with Gasteiger partial charge in [-0.2, -0.15) is 0 Å². The monoisotopic (exact) mass is 352 g/mol. The summed E-state index contributed by atoms with van der Waals surface area (Å²) in [4.78, 5) is 22.7. The van der Waals surface area contributed by atoms with E-state index in [1.807, 2.05) is 31.2 Å². The Balaban J connectivity index is 1.65. The summed E-state index contributed by atoms with van der Waals surface area (Å²) in [6.07, 6.45) is 1.59. The Morgan fingerprint density at radius 3 is 2.65 bits per heavy atom. The summed E-state index contributed by atoms with van der Waals surface area (Å²) in [6, 6.07) is 15.5. The third kappa shape index (κ3) is 3.91. The Kier molecular flexibility index (Phi) is 5.31. The van der Waals surface area contributed by atoms with Gasteiger partial charge in [-0.25, -0.2) is 0 Å². The highest BCUT2D eigenvalue weighted by Crippen LogP contribution is 2.20. The van der Waals surface area contributed by atoms with Gasteiger partial charge in [0.25, 0.3) is 11.2 Å². The first-order chi connectivity index (χ1) is 12.6. The molecule has 2 aromatic carbocycles. The summed E-state index contributed by atoms with van der Waals surface area (Å²) in [5, 5.41) is 11.6. The van der Waals surface area contributed by atoms with Gasteiger partial charge in [0.05, 0.1) is 17.0 Å². The second kappa shape index (κ2) is 7.82. The van der Waals surface area contributed by atoms with Gasteiger partial charge in [-0.3, -0.25) is 14.9 Å². The number of hydrogen-bond donors (Lipinski definition) is 0. The lowest BCUT2D eigenvalue weighted by molar-refractivity contribution is -0.384. The van der Waals surface area contributed by atoms with Crippen molar-refractivity contribution < 1.29 is 9.66 Å². The van der Waals surface area contributed by atoms with Gasteiger partial charge in [-0.1, -0.05) is 18.2 Å². The van der Waals surface area contributed by atoms with Crippen molar-refractivity contribution in [2.24, 2.45) is 0 Å². The number of pyridine rings is 1. The fraction of sp³-hybridized carbons (Fsp3) is 0.250. The third-order valence-corrected chi connectivity index (χ3v) is 4.31. The minimum Gasteiger partial charge on any atom is -0.493 e. The summed E-state index contributed by atoms with van der Waals surface area (Å²) in [5.74, 6) is 0.877. The number of non-ortho nitro benzene ring substituents is 1. The summed E-state index contributed by atoms with van der Waals surface area (Å²) < 4.78 is 7.43. The first-order valence-corrected chi connectivity index (χ1v) is 8.53. The van der Waals surface area contributed by atoms with E-state index in [4.69, 9.17) is 4.74 Å². The molecule has 0 amide bonds. The summed E-state index contributed by atoms with van der Waals surface area (Å²) >= 11 is 0. The molecule has 134 valence electrons. The molecule has 0 N–H and O–H groups in total. The Hall–Kier alpha value is -3.15. The van der Waals surface area contributed by atoms with Crippen LogP contribution in [0.5, 0.6) is 5.75 Å². The molecule has 0 bridgehead atoms. The average Bonchev–Trinajstić information content (AvgIpc) is 2.64. The molecule has 0 fully saturated rings. The molecule has 1 aromatic heterocycles. The van der Waals surface area contributed by atoms with Gasteiger partial charge in [0.2, 0.25) is 0 Å². The number of para-hydroxylation sites is 1. The molecule has 0 radical (unpaired) electrons. The molecule has 0 atom stereocenters. The number of fused-ring (bicyclic) bond motifs is 1. The van der Waals surface area contributed by atoms with Crippen LogP contribution in [-0.2, 0) is 6.54 Å². The number of rotatable bonds is 7. The highest BCUT2D eigenvalue weighted by atomic mass is 16.6. The van der Waals surface area contributed by atoms with Crippen LogP contribution in [0.3, 0.4) is 0 Å². The van der Waals surface area contributed by atoms with Crippen molar-refractivity contribution in [1.82, 2.24) is 4.57 Å². The molecule has 0 saturated heterocycles. The van der Waals surface area contributed by atoms with Crippen LogP contribution in [0.2, 0.25) is 0 Å². The molecule has 0 aliphatic carbocycles. The minimum absolute atomic E-state index is 0.0225. The van der Waals surface area contributed by atoms with E-state index in [-0.39, 0.29) is 11.2 Å². The smallest absolute Gasteiger partial charge is 0.270 e. The van der Waals surface area contributed by atoms with Crippen molar-refractivity contribution in [3.63, 3.8) is 0 Å². The predicted octanol–water partition coefficient (Wildman–Crippen LogP) is 4.08. The van der Waals surface area contributed by atoms with Crippen molar-refractivity contribution in [1.29, 1.82) is 0 Å². The number of nitro benzene ring substituents is 1. The Bertz CT molecular complexity index is 995. The molecule has 0 unspecified atom stereocenters. The van der Waals surface area contributed by atoms with Crippen molar-refractivity contribution >= 4 is 16.6 Å². The molecule has 0 saturated carbocycles. The van der Waals surface area contributed by atoms with Crippen LogP contribution in [0.25, 0.3) is 10.9 Å². The number of nitro groups is 1. The Labute approximate surface area is 150 Å². The molecule has 0 aliphatic rings. The zero-order valence-electron chi connectivity index (χ0n) is 14.6. The van der Waals surface area contributed by atoms with Gasteiger partial charge in [-0.05, 0) is 43.5 Å². The molecular weight excluding hydrogens is 332 g/mol. The first-order valence-electron chi connectivity index (χ1n) is 8.53. The van der Waals surface area contributed by atoms with Crippen LogP contribution < -0.4 is 10.3 Å². The van der Waals surface area contributed by atoms with Crippen molar-refractivity contribution in [3.8, 4) is 5.75 Å². The maximum atomic E-state index is 12.2. The maximum absolute atomic E-state index is 12.2. The molecule has 0 spiro atoms. The zero-order chi connectivity index (χ0) is 18.5. The number of ether oxygens (including phenoxy) is 1. The number of hydrogen-bond acceptors (Lipinski definition) is 4. The molecule has 3 rings (SSSR count). The topological polar surface area (TPSA) is 74.4 Å². The van der Waals surface area contributed by atoms with E-state index in [2.05, 4.69) is 0 Å². The first kappa shape index (κ1) is 17.7. The predicted molar refractivity (Wildman–Crippen MR) is 101 cm³/mol. The Morgan fingerprint density at radius 1 is 1.08 bits per heavy atom. The fourth-order valence-electron chi connectivity index (χ4n) is 2.91. The van der Waals surface area contributed by atoms with Gasteiger partial charge >= 0.3 is 0 Å². The highest BCUT2D eigenvalue weighted by molar-refractivity contribution is 5.81. The molecule has 3 aromatic rings. The van der Waals surface area contributed by atoms with E-state index < -0.39 is 4.92 Å². The normalized spacial score (nSPS) is 10.8. The van der Waals surface area contributed by atoms with Crippen LogP contribution in [0.4, 0.5) is 5.69 Å². The van der Waals surface area contributed by atoms with E-state index in [1.54, 1.807) is 16.7 Å².